The number of methoxy groups -OCH3 is 1. The number of carbonyl (C=O) groups is 1. The number of nitrogens with zero attached hydrogens (tertiary/aromatic N) is 1. The molecule has 0 spiro atoms. The van der Waals surface area contributed by atoms with Crippen molar-refractivity contribution in [2.75, 3.05) is 7.11 Å². The first-order chi connectivity index (χ1) is 12.9. The van der Waals surface area contributed by atoms with Crippen LogP contribution in [0.25, 0.3) is 10.9 Å². The van der Waals surface area contributed by atoms with E-state index in [9.17, 15) is 26.7 Å². The van der Waals surface area contributed by atoms with Gasteiger partial charge in [-0.15, -0.1) is 11.3 Å². The molecule has 0 saturated carbocycles. The summed E-state index contributed by atoms with van der Waals surface area (Å²) >= 11 is 6.55. The highest BCUT2D eigenvalue weighted by atomic mass is 35.5. The van der Waals surface area contributed by atoms with Crippen molar-refractivity contribution >= 4 is 39.7 Å². The monoisotopic (exact) mass is 439 g/mol. The lowest BCUT2D eigenvalue weighted by Gasteiger charge is -2.18. The van der Waals surface area contributed by atoms with Gasteiger partial charge in [0.05, 0.1) is 23.2 Å². The normalized spacial score (nSPS) is 12.4. The molecule has 0 aliphatic carbocycles. The number of fused-ring (bicyclic) bond motifs is 1. The number of hydrogen-bond acceptors (Lipinski definition) is 4. The molecule has 0 fully saturated rings. The second-order valence-corrected chi connectivity index (χ2v) is 7.02. The molecule has 0 radical (unpaired) electrons. The van der Waals surface area contributed by atoms with Gasteiger partial charge in [-0.05, 0) is 25.1 Å². The molecule has 3 rings (SSSR count). The van der Waals surface area contributed by atoms with E-state index in [4.69, 9.17) is 16.3 Å². The molecule has 0 aliphatic rings. The third kappa shape index (κ3) is 3.53. The fourth-order valence-corrected chi connectivity index (χ4v) is 3.56. The van der Waals surface area contributed by atoms with Crippen LogP contribution in [0.3, 0.4) is 0 Å². The van der Waals surface area contributed by atoms with E-state index in [1.807, 2.05) is 0 Å². The highest BCUT2D eigenvalue weighted by Crippen LogP contribution is 2.39. The molecule has 0 bridgehead atoms. The first-order valence-electron chi connectivity index (χ1n) is 7.57. The Bertz CT molecular complexity index is 1060. The number of alkyl halides is 5. The molecule has 1 aromatic carbocycles. The molecule has 2 heterocycles. The van der Waals surface area contributed by atoms with Crippen molar-refractivity contribution < 1.29 is 36.2 Å². The van der Waals surface area contributed by atoms with Crippen molar-refractivity contribution in [1.29, 1.82) is 0 Å². The second-order valence-electron chi connectivity index (χ2n) is 5.74. The number of thiophene rings is 1. The predicted molar refractivity (Wildman–Crippen MR) is 93.9 cm³/mol. The molecule has 28 heavy (non-hydrogen) atoms. The molecule has 4 nitrogen and oxygen atoms in total. The van der Waals surface area contributed by atoms with E-state index >= 15 is 0 Å². The maximum Gasteiger partial charge on any atom is 0.499 e. The predicted octanol–water partition coefficient (Wildman–Crippen LogP) is 5.90. The van der Waals surface area contributed by atoms with Crippen molar-refractivity contribution in [3.8, 4) is 10.8 Å². The van der Waals surface area contributed by atoms with Crippen molar-refractivity contribution in [3.05, 3.63) is 45.9 Å². The molecular weight excluding hydrogens is 429 g/mol. The van der Waals surface area contributed by atoms with Crippen molar-refractivity contribution in [2.45, 2.75) is 19.2 Å². The van der Waals surface area contributed by atoms with Crippen LogP contribution >= 0.6 is 22.9 Å². The van der Waals surface area contributed by atoms with Gasteiger partial charge in [-0.1, -0.05) is 11.6 Å². The van der Waals surface area contributed by atoms with Crippen LogP contribution in [-0.4, -0.2) is 29.9 Å². The molecule has 150 valence electrons. The standard InChI is InChI=1S/C17H11ClF5NO3S/c1-8-3-9-4-13(26-2)11(18)6-12(9)24(8)15(25)10-5-14(28-7-10)27-17(22,23)16(19,20)21/h3-7H,1-2H3. The Morgan fingerprint density at radius 2 is 1.82 bits per heavy atom. The van der Waals surface area contributed by atoms with Crippen LogP contribution < -0.4 is 9.47 Å². The van der Waals surface area contributed by atoms with Crippen molar-refractivity contribution in [3.63, 3.8) is 0 Å². The van der Waals surface area contributed by atoms with Gasteiger partial charge in [0.15, 0.2) is 5.06 Å². The maximum absolute atomic E-state index is 13.0. The maximum atomic E-state index is 13.0. The first-order valence-corrected chi connectivity index (χ1v) is 8.82. The molecule has 0 saturated heterocycles. The average molecular weight is 440 g/mol. The minimum absolute atomic E-state index is 0.106. The summed E-state index contributed by atoms with van der Waals surface area (Å²) in [5.74, 6) is -0.227. The average Bonchev–Trinajstić information content (AvgIpc) is 3.15. The summed E-state index contributed by atoms with van der Waals surface area (Å²) in [4.78, 5) is 12.8. The molecule has 0 amide bonds. The van der Waals surface area contributed by atoms with Crippen molar-refractivity contribution in [2.24, 2.45) is 0 Å². The van der Waals surface area contributed by atoms with E-state index < -0.39 is 23.3 Å². The number of rotatable bonds is 4. The van der Waals surface area contributed by atoms with Crippen LogP contribution in [0.2, 0.25) is 5.02 Å². The fraction of sp³-hybridized carbons (Fsp3) is 0.235. The summed E-state index contributed by atoms with van der Waals surface area (Å²) in [5, 5.41) is 1.30. The number of hydrogen-bond donors (Lipinski definition) is 0. The van der Waals surface area contributed by atoms with E-state index in [-0.39, 0.29) is 10.6 Å². The highest BCUT2D eigenvalue weighted by molar-refractivity contribution is 7.12. The summed E-state index contributed by atoms with van der Waals surface area (Å²) in [6.07, 6.45) is -11.2. The fourth-order valence-electron chi connectivity index (χ4n) is 2.57. The van der Waals surface area contributed by atoms with Gasteiger partial charge in [0, 0.05) is 22.5 Å². The molecular formula is C17H11ClF5NO3S. The Kier molecular flexibility index (Phi) is 5.05. The van der Waals surface area contributed by atoms with Gasteiger partial charge in [-0.25, -0.2) is 0 Å². The number of ether oxygens (including phenoxy) is 2. The number of aromatic nitrogens is 1. The Balaban J connectivity index is 1.97. The molecule has 11 heteroatoms. The van der Waals surface area contributed by atoms with Crippen LogP contribution in [0.1, 0.15) is 16.1 Å². The number of halogens is 6. The number of benzene rings is 1. The van der Waals surface area contributed by atoms with Crippen LogP contribution in [0.15, 0.2) is 29.6 Å². The summed E-state index contributed by atoms with van der Waals surface area (Å²) in [7, 11) is 1.44. The Labute approximate surface area is 164 Å². The van der Waals surface area contributed by atoms with E-state index in [0.29, 0.717) is 33.7 Å². The van der Waals surface area contributed by atoms with E-state index in [1.165, 1.54) is 17.7 Å². The Morgan fingerprint density at radius 3 is 2.43 bits per heavy atom. The van der Waals surface area contributed by atoms with Gasteiger partial charge in [0.2, 0.25) is 0 Å². The Hall–Kier alpha value is -2.33. The van der Waals surface area contributed by atoms with E-state index in [1.54, 1.807) is 19.1 Å². The quantitative estimate of drug-likeness (QED) is 0.475. The zero-order valence-electron chi connectivity index (χ0n) is 14.2. The zero-order valence-corrected chi connectivity index (χ0v) is 15.8. The smallest absolute Gasteiger partial charge is 0.495 e. The molecule has 3 aromatic rings. The zero-order chi connectivity index (χ0) is 20.9. The van der Waals surface area contributed by atoms with Crippen LogP contribution in [0.4, 0.5) is 22.0 Å². The molecule has 0 atom stereocenters. The summed E-state index contributed by atoms with van der Waals surface area (Å²) in [6.45, 7) is 1.64. The lowest BCUT2D eigenvalue weighted by Crippen LogP contribution is -2.41. The minimum Gasteiger partial charge on any atom is -0.495 e. The van der Waals surface area contributed by atoms with E-state index in [0.717, 1.165) is 11.4 Å². The van der Waals surface area contributed by atoms with Crippen LogP contribution in [-0.2, 0) is 0 Å². The van der Waals surface area contributed by atoms with Crippen molar-refractivity contribution in [1.82, 2.24) is 4.57 Å². The van der Waals surface area contributed by atoms with Gasteiger partial charge in [0.25, 0.3) is 5.91 Å². The minimum atomic E-state index is -5.87. The second kappa shape index (κ2) is 6.93. The largest absolute Gasteiger partial charge is 0.499 e. The lowest BCUT2D eigenvalue weighted by atomic mass is 10.2. The molecule has 0 unspecified atom stereocenters. The molecule has 2 aromatic heterocycles. The summed E-state index contributed by atoms with van der Waals surface area (Å²) in [6, 6.07) is 5.65. The summed E-state index contributed by atoms with van der Waals surface area (Å²) < 4.78 is 73.0. The van der Waals surface area contributed by atoms with Gasteiger partial charge in [-0.3, -0.25) is 9.36 Å². The molecule has 0 N–H and O–H groups in total. The van der Waals surface area contributed by atoms with Crippen LogP contribution in [0, 0.1) is 6.92 Å². The number of aryl methyl sites for hydroxylation is 1. The highest BCUT2D eigenvalue weighted by Gasteiger charge is 2.61. The van der Waals surface area contributed by atoms with Gasteiger partial charge < -0.3 is 9.47 Å². The van der Waals surface area contributed by atoms with E-state index in [2.05, 4.69) is 4.74 Å². The summed E-state index contributed by atoms with van der Waals surface area (Å²) in [5.41, 5.74) is 0.840. The lowest BCUT2D eigenvalue weighted by molar-refractivity contribution is -0.359. The third-order valence-corrected chi connectivity index (χ3v) is 4.94. The first kappa shape index (κ1) is 20.4. The third-order valence-electron chi connectivity index (χ3n) is 3.84. The van der Waals surface area contributed by atoms with Gasteiger partial charge in [0.1, 0.15) is 5.75 Å². The van der Waals surface area contributed by atoms with Gasteiger partial charge in [-0.2, -0.15) is 22.0 Å². The van der Waals surface area contributed by atoms with Crippen LogP contribution in [0.5, 0.6) is 10.8 Å². The Morgan fingerprint density at radius 1 is 1.14 bits per heavy atom. The molecule has 0 aliphatic heterocycles. The topological polar surface area (TPSA) is 40.5 Å². The number of carbonyl (C=O) groups excluding carboxylic acids is 1. The van der Waals surface area contributed by atoms with Gasteiger partial charge >= 0.3 is 12.3 Å². The SMILES string of the molecule is COc1cc2cc(C)n(C(=O)c3csc(OC(F)(F)C(F)(F)F)c3)c2cc1Cl.